The lowest BCUT2D eigenvalue weighted by Gasteiger charge is -2.21. The van der Waals surface area contributed by atoms with Crippen molar-refractivity contribution in [3.63, 3.8) is 0 Å². The van der Waals surface area contributed by atoms with Gasteiger partial charge in [0, 0.05) is 43.1 Å². The summed E-state index contributed by atoms with van der Waals surface area (Å²) in [7, 11) is 0. The minimum absolute atomic E-state index is 0.197. The predicted molar refractivity (Wildman–Crippen MR) is 93.7 cm³/mol. The highest BCUT2D eigenvalue weighted by Gasteiger charge is 2.19. The number of rotatable bonds is 4. The van der Waals surface area contributed by atoms with Crippen molar-refractivity contribution in [2.75, 3.05) is 26.2 Å². The van der Waals surface area contributed by atoms with Crippen molar-refractivity contribution in [3.8, 4) is 0 Å². The van der Waals surface area contributed by atoms with E-state index in [1.54, 1.807) is 11.3 Å². The van der Waals surface area contributed by atoms with Gasteiger partial charge < -0.3 is 4.90 Å². The molecule has 1 aliphatic rings. The highest BCUT2D eigenvalue weighted by molar-refractivity contribution is 7.07. The Bertz CT molecular complexity index is 630. The van der Waals surface area contributed by atoms with Crippen molar-refractivity contribution >= 4 is 28.8 Å². The Balaban J connectivity index is 1.52. The van der Waals surface area contributed by atoms with Gasteiger partial charge in [-0.3, -0.25) is 9.69 Å². The Morgan fingerprint density at radius 3 is 2.74 bits per heavy atom. The molecule has 1 aromatic heterocycles. The number of carbonyl (C=O) groups excluding carboxylic acids is 1. The first-order valence-corrected chi connectivity index (χ1v) is 9.14. The molecule has 1 aromatic carbocycles. The van der Waals surface area contributed by atoms with Crippen LogP contribution in [0.2, 0.25) is 5.02 Å². The zero-order valence-corrected chi connectivity index (χ0v) is 14.5. The molecule has 0 spiro atoms. The van der Waals surface area contributed by atoms with Crippen molar-refractivity contribution < 1.29 is 4.79 Å². The second kappa shape index (κ2) is 7.90. The quantitative estimate of drug-likeness (QED) is 0.851. The molecule has 2 heterocycles. The summed E-state index contributed by atoms with van der Waals surface area (Å²) in [4.78, 5) is 21.2. The smallest absolute Gasteiger partial charge is 0.227 e. The van der Waals surface area contributed by atoms with Gasteiger partial charge in [-0.15, -0.1) is 11.3 Å². The number of carbonyl (C=O) groups is 1. The monoisotopic (exact) mass is 349 g/mol. The molecule has 0 atom stereocenters. The molecule has 1 amide bonds. The average molecular weight is 350 g/mol. The second-order valence-electron chi connectivity index (χ2n) is 5.79. The number of aromatic nitrogens is 1. The molecule has 2 aromatic rings. The fourth-order valence-corrected chi connectivity index (χ4v) is 3.49. The summed E-state index contributed by atoms with van der Waals surface area (Å²) >= 11 is 7.52. The molecule has 6 heteroatoms. The maximum absolute atomic E-state index is 12.5. The number of hydrogen-bond acceptors (Lipinski definition) is 4. The highest BCUT2D eigenvalue weighted by Crippen LogP contribution is 2.13. The fraction of sp³-hybridized carbons (Fsp3) is 0.412. The third-order valence-electron chi connectivity index (χ3n) is 4.08. The average Bonchev–Trinajstić information content (AvgIpc) is 2.94. The number of hydrogen-bond donors (Lipinski definition) is 0. The normalized spacial score (nSPS) is 16.3. The maximum atomic E-state index is 12.5. The summed E-state index contributed by atoms with van der Waals surface area (Å²) in [6.07, 6.45) is 1.46. The fourth-order valence-electron chi connectivity index (χ4n) is 2.81. The molecule has 3 rings (SSSR count). The molecule has 0 aliphatic carbocycles. The number of halogens is 1. The largest absolute Gasteiger partial charge is 0.341 e. The van der Waals surface area contributed by atoms with Crippen LogP contribution >= 0.6 is 22.9 Å². The molecule has 4 nitrogen and oxygen atoms in total. The first kappa shape index (κ1) is 16.4. The van der Waals surface area contributed by atoms with Crippen molar-refractivity contribution in [1.29, 1.82) is 0 Å². The van der Waals surface area contributed by atoms with Crippen molar-refractivity contribution in [1.82, 2.24) is 14.8 Å². The van der Waals surface area contributed by atoms with Gasteiger partial charge in [0.15, 0.2) is 0 Å². The molecule has 122 valence electrons. The molecule has 0 N–H and O–H groups in total. The Labute approximate surface area is 145 Å². The zero-order chi connectivity index (χ0) is 16.1. The standard InChI is InChI=1S/C17H20ClN3OS/c18-15-4-2-14(3-5-15)10-17(22)21-7-1-6-20(8-9-21)11-16-12-23-13-19-16/h2-5,12-13H,1,6-11H2. The summed E-state index contributed by atoms with van der Waals surface area (Å²) in [5.41, 5.74) is 4.01. The molecule has 0 bridgehead atoms. The minimum atomic E-state index is 0.197. The molecular formula is C17H20ClN3OS. The van der Waals surface area contributed by atoms with E-state index in [2.05, 4.69) is 15.3 Å². The number of amides is 1. The van der Waals surface area contributed by atoms with Crippen LogP contribution in [0.5, 0.6) is 0 Å². The van der Waals surface area contributed by atoms with Crippen LogP contribution < -0.4 is 0 Å². The topological polar surface area (TPSA) is 36.4 Å². The van der Waals surface area contributed by atoms with Crippen LogP contribution in [-0.4, -0.2) is 46.9 Å². The Hall–Kier alpha value is -1.43. The maximum Gasteiger partial charge on any atom is 0.227 e. The number of thiazole rings is 1. The molecule has 0 saturated carbocycles. The van der Waals surface area contributed by atoms with Gasteiger partial charge >= 0.3 is 0 Å². The molecule has 0 unspecified atom stereocenters. The lowest BCUT2D eigenvalue weighted by atomic mass is 10.1. The third-order valence-corrected chi connectivity index (χ3v) is 4.97. The van der Waals surface area contributed by atoms with E-state index in [0.717, 1.165) is 50.4 Å². The van der Waals surface area contributed by atoms with Gasteiger partial charge in [0.25, 0.3) is 0 Å². The van der Waals surface area contributed by atoms with Crippen LogP contribution in [-0.2, 0) is 17.8 Å². The predicted octanol–water partition coefficient (Wildman–Crippen LogP) is 3.07. The van der Waals surface area contributed by atoms with E-state index in [1.807, 2.05) is 34.7 Å². The molecular weight excluding hydrogens is 330 g/mol. The SMILES string of the molecule is O=C(Cc1ccc(Cl)cc1)N1CCCN(Cc2cscn2)CC1. The van der Waals surface area contributed by atoms with Crippen LogP contribution in [0.3, 0.4) is 0 Å². The van der Waals surface area contributed by atoms with E-state index in [4.69, 9.17) is 11.6 Å². The zero-order valence-electron chi connectivity index (χ0n) is 12.9. The molecule has 1 saturated heterocycles. The summed E-state index contributed by atoms with van der Waals surface area (Å²) < 4.78 is 0. The van der Waals surface area contributed by atoms with Crippen LogP contribution in [0.25, 0.3) is 0 Å². The van der Waals surface area contributed by atoms with Crippen LogP contribution in [0, 0.1) is 0 Å². The van der Waals surface area contributed by atoms with Crippen LogP contribution in [0.1, 0.15) is 17.7 Å². The Morgan fingerprint density at radius 1 is 1.17 bits per heavy atom. The summed E-state index contributed by atoms with van der Waals surface area (Å²) in [5, 5.41) is 2.79. The Kier molecular flexibility index (Phi) is 5.65. The van der Waals surface area contributed by atoms with E-state index in [9.17, 15) is 4.79 Å². The lowest BCUT2D eigenvalue weighted by molar-refractivity contribution is -0.130. The molecule has 1 aliphatic heterocycles. The number of nitrogens with zero attached hydrogens (tertiary/aromatic N) is 3. The van der Waals surface area contributed by atoms with Crippen molar-refractivity contribution in [2.45, 2.75) is 19.4 Å². The Morgan fingerprint density at radius 2 is 2.00 bits per heavy atom. The molecule has 0 radical (unpaired) electrons. The lowest BCUT2D eigenvalue weighted by Crippen LogP contribution is -2.36. The van der Waals surface area contributed by atoms with E-state index in [1.165, 1.54) is 0 Å². The van der Waals surface area contributed by atoms with Gasteiger partial charge in [-0.25, -0.2) is 4.98 Å². The summed E-state index contributed by atoms with van der Waals surface area (Å²) in [6.45, 7) is 4.42. The molecule has 1 fully saturated rings. The van der Waals surface area contributed by atoms with E-state index < -0.39 is 0 Å². The van der Waals surface area contributed by atoms with E-state index in [0.29, 0.717) is 11.4 Å². The van der Waals surface area contributed by atoms with Gasteiger partial charge in [0.2, 0.25) is 5.91 Å². The second-order valence-corrected chi connectivity index (χ2v) is 6.95. The minimum Gasteiger partial charge on any atom is -0.341 e. The summed E-state index contributed by atoms with van der Waals surface area (Å²) in [5.74, 6) is 0.197. The van der Waals surface area contributed by atoms with Crippen LogP contribution in [0.4, 0.5) is 0 Å². The van der Waals surface area contributed by atoms with Crippen molar-refractivity contribution in [3.05, 3.63) is 51.4 Å². The van der Waals surface area contributed by atoms with Crippen molar-refractivity contribution in [2.24, 2.45) is 0 Å². The summed E-state index contributed by atoms with van der Waals surface area (Å²) in [6, 6.07) is 7.52. The third kappa shape index (κ3) is 4.77. The first-order valence-electron chi connectivity index (χ1n) is 7.82. The van der Waals surface area contributed by atoms with Gasteiger partial charge in [-0.1, -0.05) is 23.7 Å². The van der Waals surface area contributed by atoms with E-state index in [-0.39, 0.29) is 5.91 Å². The number of benzene rings is 1. The van der Waals surface area contributed by atoms with Crippen LogP contribution in [0.15, 0.2) is 35.2 Å². The van der Waals surface area contributed by atoms with Gasteiger partial charge in [-0.05, 0) is 24.1 Å². The first-order chi connectivity index (χ1) is 11.2. The van der Waals surface area contributed by atoms with Gasteiger partial charge in [0.05, 0.1) is 17.6 Å². The molecule has 23 heavy (non-hydrogen) atoms. The van der Waals surface area contributed by atoms with E-state index >= 15 is 0 Å². The highest BCUT2D eigenvalue weighted by atomic mass is 35.5. The van der Waals surface area contributed by atoms with Gasteiger partial charge in [0.1, 0.15) is 0 Å². The van der Waals surface area contributed by atoms with Gasteiger partial charge in [-0.2, -0.15) is 0 Å².